The predicted molar refractivity (Wildman–Crippen MR) is 107 cm³/mol. The SMILES string of the molecule is CC[C@H](O)/C=C/[C@H]1[C@@H](C/C=C\C/C=C\C/C=C\CCC(=O)O)[C@@H](O)C[C@H]1O. The molecule has 0 aromatic carbocycles. The number of carbonyl (C=O) groups is 1. The number of aliphatic hydroxyl groups excluding tert-OH is 3. The van der Waals surface area contributed by atoms with Crippen molar-refractivity contribution in [2.75, 3.05) is 0 Å². The highest BCUT2D eigenvalue weighted by molar-refractivity contribution is 5.66. The van der Waals surface area contributed by atoms with Gasteiger partial charge in [-0.25, -0.2) is 0 Å². The maximum atomic E-state index is 10.4. The van der Waals surface area contributed by atoms with Gasteiger partial charge < -0.3 is 20.4 Å². The fourth-order valence-electron chi connectivity index (χ4n) is 3.22. The lowest BCUT2D eigenvalue weighted by molar-refractivity contribution is -0.136. The van der Waals surface area contributed by atoms with Crippen molar-refractivity contribution in [1.82, 2.24) is 0 Å². The molecule has 1 aliphatic carbocycles. The number of carboxylic acids is 1. The van der Waals surface area contributed by atoms with Crippen molar-refractivity contribution >= 4 is 5.97 Å². The molecule has 1 rings (SSSR count). The second-order valence-electron chi connectivity index (χ2n) is 7.03. The molecule has 1 aliphatic rings. The first kappa shape index (κ1) is 23.3. The van der Waals surface area contributed by atoms with Crippen molar-refractivity contribution < 1.29 is 25.2 Å². The fourth-order valence-corrected chi connectivity index (χ4v) is 3.22. The highest BCUT2D eigenvalue weighted by Gasteiger charge is 2.39. The molecule has 0 amide bonds. The molecule has 1 saturated carbocycles. The second-order valence-corrected chi connectivity index (χ2v) is 7.03. The van der Waals surface area contributed by atoms with Crippen LogP contribution in [0, 0.1) is 11.8 Å². The average molecular weight is 379 g/mol. The van der Waals surface area contributed by atoms with E-state index in [1.54, 1.807) is 6.08 Å². The van der Waals surface area contributed by atoms with Gasteiger partial charge in [-0.1, -0.05) is 55.5 Å². The Kier molecular flexibility index (Phi) is 11.7. The minimum absolute atomic E-state index is 0.0299. The molecule has 5 nitrogen and oxygen atoms in total. The molecule has 0 radical (unpaired) electrons. The first-order chi connectivity index (χ1) is 13.0. The number of rotatable bonds is 12. The predicted octanol–water partition coefficient (Wildman–Crippen LogP) is 3.38. The monoisotopic (exact) mass is 378 g/mol. The first-order valence-electron chi connectivity index (χ1n) is 9.85. The van der Waals surface area contributed by atoms with E-state index in [-0.39, 0.29) is 18.3 Å². The zero-order valence-corrected chi connectivity index (χ0v) is 16.2. The Hall–Kier alpha value is -1.69. The zero-order chi connectivity index (χ0) is 20.1. The Morgan fingerprint density at radius 2 is 1.67 bits per heavy atom. The fraction of sp³-hybridized carbons (Fsp3) is 0.591. The first-order valence-corrected chi connectivity index (χ1v) is 9.85. The largest absolute Gasteiger partial charge is 0.481 e. The summed E-state index contributed by atoms with van der Waals surface area (Å²) in [5, 5.41) is 38.5. The summed E-state index contributed by atoms with van der Waals surface area (Å²) < 4.78 is 0. The molecule has 27 heavy (non-hydrogen) atoms. The summed E-state index contributed by atoms with van der Waals surface area (Å²) in [5.41, 5.74) is 0. The van der Waals surface area contributed by atoms with E-state index in [1.165, 1.54) is 0 Å². The van der Waals surface area contributed by atoms with E-state index in [4.69, 9.17) is 5.11 Å². The Morgan fingerprint density at radius 3 is 2.30 bits per heavy atom. The van der Waals surface area contributed by atoms with E-state index in [2.05, 4.69) is 0 Å². The number of aliphatic carboxylic acids is 1. The van der Waals surface area contributed by atoms with Crippen LogP contribution in [0.5, 0.6) is 0 Å². The smallest absolute Gasteiger partial charge is 0.303 e. The van der Waals surface area contributed by atoms with E-state index in [1.807, 2.05) is 49.5 Å². The van der Waals surface area contributed by atoms with Crippen LogP contribution in [0.25, 0.3) is 0 Å². The van der Waals surface area contributed by atoms with Crippen molar-refractivity contribution in [3.05, 3.63) is 48.6 Å². The summed E-state index contributed by atoms with van der Waals surface area (Å²) in [4.78, 5) is 10.4. The van der Waals surface area contributed by atoms with Crippen molar-refractivity contribution in [3.8, 4) is 0 Å². The summed E-state index contributed by atoms with van der Waals surface area (Å²) in [6.07, 6.45) is 18.0. The molecule has 0 aromatic rings. The minimum atomic E-state index is -0.778. The molecule has 0 saturated heterocycles. The lowest BCUT2D eigenvalue weighted by Gasteiger charge is -2.19. The van der Waals surface area contributed by atoms with Crippen molar-refractivity contribution in [2.24, 2.45) is 11.8 Å². The molecular weight excluding hydrogens is 344 g/mol. The van der Waals surface area contributed by atoms with E-state index < -0.39 is 24.3 Å². The van der Waals surface area contributed by atoms with E-state index in [0.717, 1.165) is 12.8 Å². The average Bonchev–Trinajstić information content (AvgIpc) is 2.90. The summed E-state index contributed by atoms with van der Waals surface area (Å²) in [7, 11) is 0. The molecule has 0 bridgehead atoms. The lowest BCUT2D eigenvalue weighted by atomic mass is 9.89. The molecule has 152 valence electrons. The molecule has 4 N–H and O–H groups in total. The Morgan fingerprint density at radius 1 is 1.04 bits per heavy atom. The van der Waals surface area contributed by atoms with Crippen molar-refractivity contribution in [2.45, 2.75) is 70.2 Å². The molecule has 0 heterocycles. The molecule has 5 heteroatoms. The summed E-state index contributed by atoms with van der Waals surface area (Å²) in [6, 6.07) is 0. The summed E-state index contributed by atoms with van der Waals surface area (Å²) in [5.74, 6) is -0.936. The van der Waals surface area contributed by atoms with Gasteiger partial charge in [0.2, 0.25) is 0 Å². The van der Waals surface area contributed by atoms with Gasteiger partial charge in [-0.15, -0.1) is 0 Å². The molecule has 5 atom stereocenters. The normalized spacial score (nSPS) is 27.6. The number of carboxylic acid groups (broad SMARTS) is 1. The van der Waals surface area contributed by atoms with Gasteiger partial charge in [-0.05, 0) is 38.0 Å². The maximum absolute atomic E-state index is 10.4. The molecule has 0 spiro atoms. The third-order valence-electron chi connectivity index (χ3n) is 4.87. The number of allylic oxidation sites excluding steroid dienone is 6. The summed E-state index contributed by atoms with van der Waals surface area (Å²) in [6.45, 7) is 1.90. The van der Waals surface area contributed by atoms with Gasteiger partial charge in [0.05, 0.1) is 18.3 Å². The van der Waals surface area contributed by atoms with Crippen LogP contribution in [0.3, 0.4) is 0 Å². The van der Waals surface area contributed by atoms with Gasteiger partial charge in [0.1, 0.15) is 0 Å². The van der Waals surface area contributed by atoms with Crippen LogP contribution in [0.15, 0.2) is 48.6 Å². The van der Waals surface area contributed by atoms with Gasteiger partial charge >= 0.3 is 5.97 Å². The molecule has 0 unspecified atom stereocenters. The quantitative estimate of drug-likeness (QED) is 0.390. The zero-order valence-electron chi connectivity index (χ0n) is 16.2. The third kappa shape index (κ3) is 9.70. The molecular formula is C22H34O5. The number of hydrogen-bond donors (Lipinski definition) is 4. The molecule has 0 aliphatic heterocycles. The van der Waals surface area contributed by atoms with Crippen LogP contribution in [0.2, 0.25) is 0 Å². The van der Waals surface area contributed by atoms with Crippen LogP contribution < -0.4 is 0 Å². The third-order valence-corrected chi connectivity index (χ3v) is 4.87. The van der Waals surface area contributed by atoms with Crippen LogP contribution >= 0.6 is 0 Å². The Bertz CT molecular complexity index is 535. The Labute approximate surface area is 162 Å². The second kappa shape index (κ2) is 13.5. The Balaban J connectivity index is 2.34. The van der Waals surface area contributed by atoms with Crippen LogP contribution in [0.1, 0.15) is 51.9 Å². The van der Waals surface area contributed by atoms with Crippen molar-refractivity contribution in [3.63, 3.8) is 0 Å². The van der Waals surface area contributed by atoms with Gasteiger partial charge in [-0.2, -0.15) is 0 Å². The topological polar surface area (TPSA) is 98.0 Å². The van der Waals surface area contributed by atoms with Gasteiger partial charge in [0.25, 0.3) is 0 Å². The highest BCUT2D eigenvalue weighted by Crippen LogP contribution is 2.36. The lowest BCUT2D eigenvalue weighted by Crippen LogP contribution is -2.20. The van der Waals surface area contributed by atoms with Gasteiger partial charge in [-0.3, -0.25) is 4.79 Å². The van der Waals surface area contributed by atoms with E-state index >= 15 is 0 Å². The van der Waals surface area contributed by atoms with Gasteiger partial charge in [0, 0.05) is 18.8 Å². The van der Waals surface area contributed by atoms with Gasteiger partial charge in [0.15, 0.2) is 0 Å². The highest BCUT2D eigenvalue weighted by atomic mass is 16.4. The standard InChI is InChI=1S/C22H34O5/c1-2-17(23)14-15-19-18(20(24)16-21(19)25)12-10-8-6-4-3-5-7-9-11-13-22(26)27/h3-4,7-10,14-15,17-21,23-25H,2,5-6,11-13,16H2,1H3,(H,26,27)/b4-3-,9-7-,10-8-,15-14+/t17-,18+,19-,20-,21+/m0/s1. The number of aliphatic hydroxyl groups is 3. The maximum Gasteiger partial charge on any atom is 0.303 e. The van der Waals surface area contributed by atoms with E-state index in [0.29, 0.717) is 25.7 Å². The molecule has 0 aromatic heterocycles. The minimum Gasteiger partial charge on any atom is -0.481 e. The van der Waals surface area contributed by atoms with Crippen LogP contribution in [0.4, 0.5) is 0 Å². The molecule has 1 fully saturated rings. The number of hydrogen-bond acceptors (Lipinski definition) is 4. The van der Waals surface area contributed by atoms with Crippen molar-refractivity contribution in [1.29, 1.82) is 0 Å². The van der Waals surface area contributed by atoms with Crippen LogP contribution in [-0.4, -0.2) is 44.7 Å². The van der Waals surface area contributed by atoms with E-state index in [9.17, 15) is 20.1 Å². The summed E-state index contributed by atoms with van der Waals surface area (Å²) >= 11 is 0. The van der Waals surface area contributed by atoms with Crippen LogP contribution in [-0.2, 0) is 4.79 Å².